The molecule has 1 saturated carbocycles. The van der Waals surface area contributed by atoms with Gasteiger partial charge in [-0.05, 0) is 32.6 Å². The highest BCUT2D eigenvalue weighted by molar-refractivity contribution is 5.82. The van der Waals surface area contributed by atoms with Gasteiger partial charge in [-0.2, -0.15) is 10.2 Å². The third-order valence-corrected chi connectivity index (χ3v) is 3.82. The summed E-state index contributed by atoms with van der Waals surface area (Å²) in [4.78, 5) is 0. The summed E-state index contributed by atoms with van der Waals surface area (Å²) in [6.07, 6.45) is 6.18. The van der Waals surface area contributed by atoms with Gasteiger partial charge in [0.15, 0.2) is 5.75 Å². The zero-order valence-corrected chi connectivity index (χ0v) is 9.64. The van der Waals surface area contributed by atoms with Gasteiger partial charge in [-0.3, -0.25) is 5.01 Å². The average molecular weight is 220 g/mol. The molecule has 2 heterocycles. The monoisotopic (exact) mass is 220 g/mol. The van der Waals surface area contributed by atoms with Crippen LogP contribution in [0.15, 0.2) is 5.10 Å². The Hall–Kier alpha value is -1.52. The molecule has 1 aliphatic carbocycles. The van der Waals surface area contributed by atoms with Crippen molar-refractivity contribution in [3.05, 3.63) is 11.4 Å². The Morgan fingerprint density at radius 1 is 1.38 bits per heavy atom. The second kappa shape index (κ2) is 2.99. The lowest BCUT2D eigenvalue weighted by Crippen LogP contribution is -2.47. The SMILES string of the molecule is Cc1nn2c(c1O)C=NN(C)C21CCCC1. The quantitative estimate of drug-likeness (QED) is 0.719. The van der Waals surface area contributed by atoms with Crippen molar-refractivity contribution in [2.24, 2.45) is 5.10 Å². The number of aromatic hydroxyl groups is 1. The molecule has 0 saturated heterocycles. The Bertz CT molecular complexity index is 457. The van der Waals surface area contributed by atoms with Crippen molar-refractivity contribution in [2.75, 3.05) is 7.05 Å². The van der Waals surface area contributed by atoms with E-state index in [0.717, 1.165) is 18.5 Å². The summed E-state index contributed by atoms with van der Waals surface area (Å²) in [6.45, 7) is 1.83. The standard InChI is InChI=1S/C11H16N4O/c1-8-10(16)9-7-12-14(2)11(15(9)13-8)5-3-4-6-11/h7,16H,3-6H2,1-2H3. The fraction of sp³-hybridized carbons (Fsp3) is 0.636. The van der Waals surface area contributed by atoms with Crippen LogP contribution in [0.4, 0.5) is 0 Å². The van der Waals surface area contributed by atoms with E-state index in [1.165, 1.54) is 12.8 Å². The van der Waals surface area contributed by atoms with Gasteiger partial charge in [0.05, 0.1) is 6.21 Å². The van der Waals surface area contributed by atoms with Crippen molar-refractivity contribution >= 4 is 6.21 Å². The maximum Gasteiger partial charge on any atom is 0.165 e. The molecule has 86 valence electrons. The topological polar surface area (TPSA) is 53.6 Å². The predicted molar refractivity (Wildman–Crippen MR) is 60.4 cm³/mol. The Morgan fingerprint density at radius 2 is 2.06 bits per heavy atom. The Labute approximate surface area is 94.4 Å². The maximum atomic E-state index is 9.92. The van der Waals surface area contributed by atoms with E-state index in [0.29, 0.717) is 5.69 Å². The molecule has 1 fully saturated rings. The molecule has 16 heavy (non-hydrogen) atoms. The first kappa shape index (κ1) is 9.69. The van der Waals surface area contributed by atoms with Crippen molar-refractivity contribution in [3.63, 3.8) is 0 Å². The Balaban J connectivity index is 2.21. The van der Waals surface area contributed by atoms with Crippen LogP contribution in [0, 0.1) is 6.92 Å². The van der Waals surface area contributed by atoms with Crippen LogP contribution < -0.4 is 0 Å². The van der Waals surface area contributed by atoms with Gasteiger partial charge in [0.2, 0.25) is 0 Å². The summed E-state index contributed by atoms with van der Waals surface area (Å²) < 4.78 is 1.96. The van der Waals surface area contributed by atoms with Gasteiger partial charge >= 0.3 is 0 Å². The van der Waals surface area contributed by atoms with Crippen LogP contribution in [0.1, 0.15) is 37.1 Å². The predicted octanol–water partition coefficient (Wildman–Crippen LogP) is 1.40. The van der Waals surface area contributed by atoms with Crippen molar-refractivity contribution in [2.45, 2.75) is 38.3 Å². The lowest BCUT2D eigenvalue weighted by Gasteiger charge is -2.39. The molecule has 0 bridgehead atoms. The molecule has 0 radical (unpaired) electrons. The first-order valence-corrected chi connectivity index (χ1v) is 5.72. The smallest absolute Gasteiger partial charge is 0.165 e. The van der Waals surface area contributed by atoms with E-state index in [2.05, 4.69) is 10.2 Å². The van der Waals surface area contributed by atoms with Crippen molar-refractivity contribution in [3.8, 4) is 5.75 Å². The van der Waals surface area contributed by atoms with Crippen molar-refractivity contribution in [1.82, 2.24) is 14.8 Å². The van der Waals surface area contributed by atoms with E-state index in [9.17, 15) is 5.11 Å². The van der Waals surface area contributed by atoms with Crippen LogP contribution in [0.3, 0.4) is 0 Å². The number of fused-ring (bicyclic) bond motifs is 2. The Morgan fingerprint density at radius 3 is 2.75 bits per heavy atom. The third-order valence-electron chi connectivity index (χ3n) is 3.82. The molecule has 2 aliphatic rings. The molecule has 1 spiro atoms. The zero-order chi connectivity index (χ0) is 11.3. The maximum absolute atomic E-state index is 9.92. The minimum absolute atomic E-state index is 0.143. The zero-order valence-electron chi connectivity index (χ0n) is 9.64. The van der Waals surface area contributed by atoms with E-state index in [1.54, 1.807) is 6.21 Å². The van der Waals surface area contributed by atoms with E-state index < -0.39 is 0 Å². The van der Waals surface area contributed by atoms with Crippen LogP contribution in [0.25, 0.3) is 0 Å². The molecular weight excluding hydrogens is 204 g/mol. The average Bonchev–Trinajstić information content (AvgIpc) is 2.84. The highest BCUT2D eigenvalue weighted by atomic mass is 16.3. The highest BCUT2D eigenvalue weighted by Gasteiger charge is 2.44. The number of aromatic nitrogens is 2. The summed E-state index contributed by atoms with van der Waals surface area (Å²) in [5.74, 6) is 0.267. The lowest BCUT2D eigenvalue weighted by atomic mass is 10.1. The van der Waals surface area contributed by atoms with Crippen LogP contribution in [0.5, 0.6) is 5.75 Å². The molecule has 1 aromatic rings. The van der Waals surface area contributed by atoms with Gasteiger partial charge in [0.25, 0.3) is 0 Å². The third kappa shape index (κ3) is 1.00. The molecule has 0 aromatic carbocycles. The van der Waals surface area contributed by atoms with Gasteiger partial charge in [-0.1, -0.05) is 0 Å². The van der Waals surface area contributed by atoms with Crippen molar-refractivity contribution < 1.29 is 5.11 Å². The van der Waals surface area contributed by atoms with Gasteiger partial charge in [0, 0.05) is 7.05 Å². The minimum atomic E-state index is -0.143. The first-order chi connectivity index (χ1) is 7.65. The number of nitrogens with zero attached hydrogens (tertiary/aromatic N) is 4. The molecular formula is C11H16N4O. The fourth-order valence-electron chi connectivity index (χ4n) is 2.83. The summed E-state index contributed by atoms with van der Waals surface area (Å²) in [7, 11) is 1.98. The molecule has 0 amide bonds. The fourth-order valence-corrected chi connectivity index (χ4v) is 2.83. The van der Waals surface area contributed by atoms with Crippen LogP contribution in [-0.4, -0.2) is 33.2 Å². The summed E-state index contributed by atoms with van der Waals surface area (Å²) in [6, 6.07) is 0. The molecule has 0 atom stereocenters. The summed E-state index contributed by atoms with van der Waals surface area (Å²) in [5, 5.41) is 20.7. The summed E-state index contributed by atoms with van der Waals surface area (Å²) in [5.41, 5.74) is 1.29. The first-order valence-electron chi connectivity index (χ1n) is 5.72. The number of hydrogen-bond donors (Lipinski definition) is 1. The van der Waals surface area contributed by atoms with Gasteiger partial charge < -0.3 is 5.11 Å². The van der Waals surface area contributed by atoms with E-state index in [1.807, 2.05) is 23.7 Å². The Kier molecular flexibility index (Phi) is 1.81. The number of hydrazone groups is 1. The van der Waals surface area contributed by atoms with Gasteiger partial charge in [0.1, 0.15) is 17.1 Å². The van der Waals surface area contributed by atoms with Gasteiger partial charge in [-0.25, -0.2) is 4.68 Å². The van der Waals surface area contributed by atoms with Crippen LogP contribution in [0.2, 0.25) is 0 Å². The molecule has 1 aliphatic heterocycles. The molecule has 3 rings (SSSR count). The number of rotatable bonds is 0. The highest BCUT2D eigenvalue weighted by Crippen LogP contribution is 2.42. The number of aryl methyl sites for hydroxylation is 1. The molecule has 1 aromatic heterocycles. The molecule has 5 nitrogen and oxygen atoms in total. The van der Waals surface area contributed by atoms with Crippen LogP contribution in [-0.2, 0) is 5.66 Å². The largest absolute Gasteiger partial charge is 0.504 e. The van der Waals surface area contributed by atoms with Gasteiger partial charge in [-0.15, -0.1) is 0 Å². The van der Waals surface area contributed by atoms with E-state index in [-0.39, 0.29) is 11.4 Å². The second-order valence-corrected chi connectivity index (χ2v) is 4.69. The lowest BCUT2D eigenvalue weighted by molar-refractivity contribution is 0.0309. The van der Waals surface area contributed by atoms with Crippen molar-refractivity contribution in [1.29, 1.82) is 0 Å². The molecule has 1 N–H and O–H groups in total. The summed E-state index contributed by atoms with van der Waals surface area (Å²) >= 11 is 0. The van der Waals surface area contributed by atoms with Crippen LogP contribution >= 0.6 is 0 Å². The molecule has 0 unspecified atom stereocenters. The number of hydrogen-bond acceptors (Lipinski definition) is 4. The molecule has 5 heteroatoms. The second-order valence-electron chi connectivity index (χ2n) is 4.69. The van der Waals surface area contributed by atoms with E-state index in [4.69, 9.17) is 0 Å². The minimum Gasteiger partial charge on any atom is -0.504 e. The van der Waals surface area contributed by atoms with E-state index >= 15 is 0 Å². The normalized spacial score (nSPS) is 21.8.